The van der Waals surface area contributed by atoms with E-state index in [1.54, 1.807) is 4.90 Å². The van der Waals surface area contributed by atoms with Gasteiger partial charge < -0.3 is 4.74 Å². The van der Waals surface area contributed by atoms with Crippen molar-refractivity contribution in [3.8, 4) is 0 Å². The monoisotopic (exact) mass is 289 g/mol. The molecule has 0 spiro atoms. The first-order valence-corrected chi connectivity index (χ1v) is 7.34. The number of Topliss-reactive ketones (excluding diaryl/α,β-unsaturated/α-hetero) is 1. The van der Waals surface area contributed by atoms with Crippen molar-refractivity contribution in [1.29, 1.82) is 0 Å². The standard InChI is InChI=1S/C17H23NO3/c1-11-9-12(2)15-13(10-11)14(19)7-6-8-18(15)16(20)21-17(3,4)5/h9-10H,6-8H2,1-5H3. The highest BCUT2D eigenvalue weighted by molar-refractivity contribution is 6.06. The van der Waals surface area contributed by atoms with Crippen LogP contribution in [0.3, 0.4) is 0 Å². The maximum atomic E-state index is 12.5. The van der Waals surface area contributed by atoms with Crippen molar-refractivity contribution < 1.29 is 14.3 Å². The minimum atomic E-state index is -0.549. The molecule has 21 heavy (non-hydrogen) atoms. The van der Waals surface area contributed by atoms with Gasteiger partial charge in [-0.25, -0.2) is 4.79 Å². The van der Waals surface area contributed by atoms with Gasteiger partial charge in [0, 0.05) is 18.5 Å². The Morgan fingerprint density at radius 1 is 1.24 bits per heavy atom. The Morgan fingerprint density at radius 3 is 2.52 bits per heavy atom. The van der Waals surface area contributed by atoms with E-state index in [-0.39, 0.29) is 11.9 Å². The fourth-order valence-corrected chi connectivity index (χ4v) is 2.67. The number of ketones is 1. The summed E-state index contributed by atoms with van der Waals surface area (Å²) in [5.74, 6) is 0.0999. The predicted molar refractivity (Wildman–Crippen MR) is 83.1 cm³/mol. The Labute approximate surface area is 126 Å². The van der Waals surface area contributed by atoms with Crippen LogP contribution in [0, 0.1) is 13.8 Å². The summed E-state index contributed by atoms with van der Waals surface area (Å²) in [7, 11) is 0. The minimum Gasteiger partial charge on any atom is -0.443 e. The van der Waals surface area contributed by atoms with Gasteiger partial charge in [0.05, 0.1) is 5.69 Å². The van der Waals surface area contributed by atoms with Crippen molar-refractivity contribution in [3.05, 3.63) is 28.8 Å². The molecule has 4 nitrogen and oxygen atoms in total. The molecule has 4 heteroatoms. The summed E-state index contributed by atoms with van der Waals surface area (Å²) >= 11 is 0. The molecule has 1 aromatic carbocycles. The normalized spacial score (nSPS) is 15.5. The van der Waals surface area contributed by atoms with Crippen LogP contribution in [0.4, 0.5) is 10.5 Å². The first-order chi connectivity index (χ1) is 9.69. The van der Waals surface area contributed by atoms with Crippen molar-refractivity contribution in [1.82, 2.24) is 0 Å². The van der Waals surface area contributed by atoms with Crippen LogP contribution in [0.25, 0.3) is 0 Å². The van der Waals surface area contributed by atoms with Crippen molar-refractivity contribution >= 4 is 17.6 Å². The van der Waals surface area contributed by atoms with Gasteiger partial charge in [-0.3, -0.25) is 9.69 Å². The molecule has 1 heterocycles. The van der Waals surface area contributed by atoms with Gasteiger partial charge in [-0.05, 0) is 58.2 Å². The number of aryl methyl sites for hydroxylation is 2. The molecule has 0 N–H and O–H groups in total. The molecule has 0 saturated carbocycles. The molecule has 2 rings (SSSR count). The van der Waals surface area contributed by atoms with E-state index in [2.05, 4.69) is 0 Å². The molecule has 1 aliphatic rings. The van der Waals surface area contributed by atoms with Crippen LogP contribution in [-0.4, -0.2) is 24.0 Å². The van der Waals surface area contributed by atoms with E-state index in [1.165, 1.54) is 0 Å². The summed E-state index contributed by atoms with van der Waals surface area (Å²) in [6.07, 6.45) is 0.742. The molecular formula is C17H23NO3. The third kappa shape index (κ3) is 3.43. The third-order valence-corrected chi connectivity index (χ3v) is 3.41. The number of nitrogens with zero attached hydrogens (tertiary/aromatic N) is 1. The Kier molecular flexibility index (Phi) is 4.08. The number of hydrogen-bond acceptors (Lipinski definition) is 3. The molecule has 0 fully saturated rings. The van der Waals surface area contributed by atoms with Gasteiger partial charge in [0.25, 0.3) is 0 Å². The van der Waals surface area contributed by atoms with Crippen molar-refractivity contribution in [3.63, 3.8) is 0 Å². The average molecular weight is 289 g/mol. The second-order valence-corrected chi connectivity index (χ2v) is 6.64. The topological polar surface area (TPSA) is 46.6 Å². The van der Waals surface area contributed by atoms with Crippen LogP contribution in [0.1, 0.15) is 55.1 Å². The van der Waals surface area contributed by atoms with Crippen molar-refractivity contribution in [2.45, 2.75) is 53.1 Å². The lowest BCUT2D eigenvalue weighted by Crippen LogP contribution is -2.37. The third-order valence-electron chi connectivity index (χ3n) is 3.41. The Morgan fingerprint density at radius 2 is 1.90 bits per heavy atom. The zero-order valence-electron chi connectivity index (χ0n) is 13.4. The molecule has 0 aliphatic carbocycles. The van der Waals surface area contributed by atoms with Crippen LogP contribution >= 0.6 is 0 Å². The molecule has 1 aromatic rings. The van der Waals surface area contributed by atoms with Gasteiger partial charge in [0.1, 0.15) is 5.60 Å². The molecule has 1 amide bonds. The summed E-state index contributed by atoms with van der Waals surface area (Å²) in [6.45, 7) is 9.94. The molecule has 0 atom stereocenters. The highest BCUT2D eigenvalue weighted by atomic mass is 16.6. The molecular weight excluding hydrogens is 266 g/mol. The number of ether oxygens (including phenoxy) is 1. The molecule has 0 aromatic heterocycles. The largest absolute Gasteiger partial charge is 0.443 e. The summed E-state index contributed by atoms with van der Waals surface area (Å²) in [5.41, 5.74) is 2.76. The fourth-order valence-electron chi connectivity index (χ4n) is 2.67. The van der Waals surface area contributed by atoms with E-state index in [9.17, 15) is 9.59 Å². The number of rotatable bonds is 0. The Hall–Kier alpha value is -1.84. The number of benzene rings is 1. The molecule has 0 bridgehead atoms. The van der Waals surface area contributed by atoms with E-state index in [0.717, 1.165) is 11.1 Å². The van der Waals surface area contributed by atoms with Gasteiger partial charge in [0.15, 0.2) is 5.78 Å². The number of amides is 1. The molecule has 1 aliphatic heterocycles. The smallest absolute Gasteiger partial charge is 0.414 e. The van der Waals surface area contributed by atoms with Crippen LogP contribution in [0.2, 0.25) is 0 Å². The Bertz CT molecular complexity index is 584. The van der Waals surface area contributed by atoms with Crippen LogP contribution < -0.4 is 4.90 Å². The lowest BCUT2D eigenvalue weighted by molar-refractivity contribution is 0.0580. The molecule has 114 valence electrons. The van der Waals surface area contributed by atoms with Gasteiger partial charge in [-0.15, -0.1) is 0 Å². The second kappa shape index (κ2) is 5.51. The van der Waals surface area contributed by atoms with Crippen LogP contribution in [0.15, 0.2) is 12.1 Å². The first-order valence-electron chi connectivity index (χ1n) is 7.34. The summed E-state index contributed by atoms with van der Waals surface area (Å²) in [6, 6.07) is 3.86. The maximum absolute atomic E-state index is 12.5. The van der Waals surface area contributed by atoms with Gasteiger partial charge >= 0.3 is 6.09 Å². The van der Waals surface area contributed by atoms with Gasteiger partial charge in [0.2, 0.25) is 0 Å². The molecule has 0 saturated heterocycles. The van der Waals surface area contributed by atoms with Gasteiger partial charge in [-0.2, -0.15) is 0 Å². The zero-order valence-corrected chi connectivity index (χ0v) is 13.4. The average Bonchev–Trinajstić information content (AvgIpc) is 2.47. The van der Waals surface area contributed by atoms with Crippen molar-refractivity contribution in [2.75, 3.05) is 11.4 Å². The molecule has 0 unspecified atom stereocenters. The molecule has 0 radical (unpaired) electrons. The fraction of sp³-hybridized carbons (Fsp3) is 0.529. The lowest BCUT2D eigenvalue weighted by atomic mass is 10.00. The van der Waals surface area contributed by atoms with E-state index < -0.39 is 5.60 Å². The van der Waals surface area contributed by atoms with E-state index in [4.69, 9.17) is 4.74 Å². The Balaban J connectivity index is 2.48. The zero-order chi connectivity index (χ0) is 15.8. The van der Waals surface area contributed by atoms with Crippen LogP contribution in [-0.2, 0) is 4.74 Å². The van der Waals surface area contributed by atoms with Gasteiger partial charge in [-0.1, -0.05) is 6.07 Å². The number of fused-ring (bicyclic) bond motifs is 1. The number of anilines is 1. The summed E-state index contributed by atoms with van der Waals surface area (Å²) < 4.78 is 5.49. The van der Waals surface area contributed by atoms with E-state index >= 15 is 0 Å². The quantitative estimate of drug-likeness (QED) is 0.724. The highest BCUT2D eigenvalue weighted by Gasteiger charge is 2.30. The minimum absolute atomic E-state index is 0.0999. The lowest BCUT2D eigenvalue weighted by Gasteiger charge is -2.28. The van der Waals surface area contributed by atoms with Crippen molar-refractivity contribution in [2.24, 2.45) is 0 Å². The number of carbonyl (C=O) groups is 2. The maximum Gasteiger partial charge on any atom is 0.414 e. The SMILES string of the molecule is Cc1cc(C)c2c(c1)C(=O)CCCN2C(=O)OC(C)(C)C. The second-order valence-electron chi connectivity index (χ2n) is 6.64. The first kappa shape index (κ1) is 15.5. The number of carbonyl (C=O) groups excluding carboxylic acids is 2. The summed E-state index contributed by atoms with van der Waals surface area (Å²) in [4.78, 5) is 26.4. The highest BCUT2D eigenvalue weighted by Crippen LogP contribution is 2.32. The van der Waals surface area contributed by atoms with E-state index in [1.807, 2.05) is 46.8 Å². The predicted octanol–water partition coefficient (Wildman–Crippen LogP) is 4.02. The van der Waals surface area contributed by atoms with E-state index in [0.29, 0.717) is 30.6 Å². The number of hydrogen-bond donors (Lipinski definition) is 0. The summed E-state index contributed by atoms with van der Waals surface area (Å²) in [5, 5.41) is 0. The van der Waals surface area contributed by atoms with Crippen LogP contribution in [0.5, 0.6) is 0 Å².